The fourth-order valence-electron chi connectivity index (χ4n) is 2.92. The molecule has 0 atom stereocenters. The van der Waals surface area contributed by atoms with Gasteiger partial charge in [-0.05, 0) is 23.8 Å². The maximum atomic E-state index is 12.0. The molecule has 0 unspecified atom stereocenters. The number of hydrogen-bond donors (Lipinski definition) is 2. The van der Waals surface area contributed by atoms with Crippen LogP contribution >= 0.6 is 23.2 Å². The van der Waals surface area contributed by atoms with Gasteiger partial charge in [0, 0.05) is 33.1 Å². The first-order valence-electron chi connectivity index (χ1n) is 8.37. The number of halogens is 2. The third kappa shape index (κ3) is 3.52. The first-order valence-corrected chi connectivity index (χ1v) is 9.12. The number of pyridine rings is 1. The number of H-pyrrole nitrogens is 1. The summed E-state index contributed by atoms with van der Waals surface area (Å²) in [6.45, 7) is 0.411. The molecule has 0 radical (unpaired) electrons. The molecule has 2 aromatic heterocycles. The molecule has 2 aromatic carbocycles. The summed E-state index contributed by atoms with van der Waals surface area (Å²) in [6, 6.07) is 14.0. The normalized spacial score (nSPS) is 11.5. The van der Waals surface area contributed by atoms with Crippen LogP contribution in [0.1, 0.15) is 11.1 Å². The zero-order chi connectivity index (χ0) is 19.7. The smallest absolute Gasteiger partial charge is 0.258 e. The predicted octanol–water partition coefficient (Wildman–Crippen LogP) is 4.54. The standard InChI is InChI=1S/C20H14Cl2N4O2/c21-13-6-5-12(17(22)9-13)11-26-18(7-8-24-26)23-10-16-14-3-1-2-4-15(14)19(27)25-20(16)28/h1-10H,11H2,(H2,25,27,28)/b23-10+. The first-order chi connectivity index (χ1) is 13.5. The number of aromatic amines is 1. The van der Waals surface area contributed by atoms with E-state index in [2.05, 4.69) is 15.1 Å². The number of aromatic nitrogens is 3. The minimum Gasteiger partial charge on any atom is -0.494 e. The van der Waals surface area contributed by atoms with Gasteiger partial charge in [0.2, 0.25) is 5.88 Å². The SMILES string of the molecule is O=c1[nH]c(O)c(/C=N/c2ccnn2Cc2ccc(Cl)cc2Cl)c2ccccc12. The van der Waals surface area contributed by atoms with Crippen molar-refractivity contribution in [3.63, 3.8) is 0 Å². The lowest BCUT2D eigenvalue weighted by molar-refractivity contribution is 0.452. The average Bonchev–Trinajstić information content (AvgIpc) is 3.11. The van der Waals surface area contributed by atoms with E-state index in [9.17, 15) is 9.90 Å². The molecule has 8 heteroatoms. The summed E-state index contributed by atoms with van der Waals surface area (Å²) in [5.41, 5.74) is 0.920. The topological polar surface area (TPSA) is 83.3 Å². The highest BCUT2D eigenvalue weighted by molar-refractivity contribution is 6.35. The van der Waals surface area contributed by atoms with Crippen LogP contribution in [0.25, 0.3) is 10.8 Å². The lowest BCUT2D eigenvalue weighted by atomic mass is 10.1. The van der Waals surface area contributed by atoms with Gasteiger partial charge in [0.15, 0.2) is 5.82 Å². The molecule has 0 spiro atoms. The van der Waals surface area contributed by atoms with E-state index >= 15 is 0 Å². The summed E-state index contributed by atoms with van der Waals surface area (Å²) >= 11 is 12.2. The van der Waals surface area contributed by atoms with Gasteiger partial charge in [-0.2, -0.15) is 5.10 Å². The van der Waals surface area contributed by atoms with Gasteiger partial charge in [-0.25, -0.2) is 9.67 Å². The summed E-state index contributed by atoms with van der Waals surface area (Å²) < 4.78 is 1.68. The largest absolute Gasteiger partial charge is 0.494 e. The summed E-state index contributed by atoms with van der Waals surface area (Å²) in [5, 5.41) is 16.7. The first kappa shape index (κ1) is 18.3. The Morgan fingerprint density at radius 1 is 1.14 bits per heavy atom. The van der Waals surface area contributed by atoms with Crippen LogP contribution in [0.15, 0.2) is 64.5 Å². The molecular formula is C20H14Cl2N4O2. The second-order valence-corrected chi connectivity index (χ2v) is 6.95. The Labute approximate surface area is 169 Å². The van der Waals surface area contributed by atoms with E-state index < -0.39 is 0 Å². The Morgan fingerprint density at radius 2 is 1.93 bits per heavy atom. The highest BCUT2D eigenvalue weighted by atomic mass is 35.5. The molecule has 0 aliphatic heterocycles. The van der Waals surface area contributed by atoms with Crippen molar-refractivity contribution in [2.45, 2.75) is 6.54 Å². The van der Waals surface area contributed by atoms with Crippen LogP contribution in [0.5, 0.6) is 5.88 Å². The fraction of sp³-hybridized carbons (Fsp3) is 0.0500. The lowest BCUT2D eigenvalue weighted by Crippen LogP contribution is -2.08. The number of rotatable bonds is 4. The average molecular weight is 413 g/mol. The quantitative estimate of drug-likeness (QED) is 0.482. The molecule has 0 saturated carbocycles. The Balaban J connectivity index is 1.70. The molecule has 0 aliphatic carbocycles. The second-order valence-electron chi connectivity index (χ2n) is 6.10. The molecule has 2 N–H and O–H groups in total. The van der Waals surface area contributed by atoms with Gasteiger partial charge in [-0.15, -0.1) is 0 Å². The summed E-state index contributed by atoms with van der Waals surface area (Å²) in [4.78, 5) is 18.9. The van der Waals surface area contributed by atoms with Crippen molar-refractivity contribution < 1.29 is 5.11 Å². The van der Waals surface area contributed by atoms with Crippen molar-refractivity contribution in [3.05, 3.63) is 86.3 Å². The highest BCUT2D eigenvalue weighted by Gasteiger charge is 2.10. The second kappa shape index (κ2) is 7.50. The van der Waals surface area contributed by atoms with Gasteiger partial charge in [0.1, 0.15) is 0 Å². The Morgan fingerprint density at radius 3 is 2.71 bits per heavy atom. The molecule has 140 valence electrons. The molecule has 0 fully saturated rings. The molecule has 0 aliphatic rings. The Hall–Kier alpha value is -3.09. The molecule has 4 rings (SSSR count). The third-order valence-corrected chi connectivity index (χ3v) is 4.89. The van der Waals surface area contributed by atoms with E-state index in [-0.39, 0.29) is 11.4 Å². The van der Waals surface area contributed by atoms with Gasteiger partial charge in [-0.3, -0.25) is 9.78 Å². The monoisotopic (exact) mass is 412 g/mol. The molecule has 4 aromatic rings. The maximum Gasteiger partial charge on any atom is 0.258 e. The number of hydrogen-bond acceptors (Lipinski definition) is 4. The summed E-state index contributed by atoms with van der Waals surface area (Å²) in [6.07, 6.45) is 3.13. The van der Waals surface area contributed by atoms with Crippen LogP contribution in [-0.4, -0.2) is 26.1 Å². The zero-order valence-electron chi connectivity index (χ0n) is 14.4. The summed E-state index contributed by atoms with van der Waals surface area (Å²) in [7, 11) is 0. The van der Waals surface area contributed by atoms with E-state index in [4.69, 9.17) is 23.2 Å². The van der Waals surface area contributed by atoms with Crippen molar-refractivity contribution in [2.24, 2.45) is 4.99 Å². The van der Waals surface area contributed by atoms with Crippen LogP contribution in [0.3, 0.4) is 0 Å². The van der Waals surface area contributed by atoms with Crippen molar-refractivity contribution in [1.29, 1.82) is 0 Å². The minimum absolute atomic E-state index is 0.237. The Bertz CT molecular complexity index is 1260. The highest BCUT2D eigenvalue weighted by Crippen LogP contribution is 2.24. The summed E-state index contributed by atoms with van der Waals surface area (Å²) in [5.74, 6) is 0.333. The van der Waals surface area contributed by atoms with Gasteiger partial charge >= 0.3 is 0 Å². The maximum absolute atomic E-state index is 12.0. The van der Waals surface area contributed by atoms with Crippen LogP contribution in [0.4, 0.5) is 5.82 Å². The van der Waals surface area contributed by atoms with Gasteiger partial charge in [-0.1, -0.05) is 47.5 Å². The van der Waals surface area contributed by atoms with Crippen LogP contribution < -0.4 is 5.56 Å². The number of aliphatic imine (C=N–C) groups is 1. The number of aromatic hydroxyl groups is 1. The van der Waals surface area contributed by atoms with E-state index in [0.717, 1.165) is 5.56 Å². The molecule has 0 saturated heterocycles. The van der Waals surface area contributed by atoms with E-state index in [1.165, 1.54) is 6.21 Å². The predicted molar refractivity (Wildman–Crippen MR) is 111 cm³/mol. The number of fused-ring (bicyclic) bond motifs is 1. The molecule has 28 heavy (non-hydrogen) atoms. The van der Waals surface area contributed by atoms with Crippen molar-refractivity contribution >= 4 is 46.0 Å². The van der Waals surface area contributed by atoms with E-state index in [1.54, 1.807) is 53.3 Å². The van der Waals surface area contributed by atoms with Crippen molar-refractivity contribution in [2.75, 3.05) is 0 Å². The van der Waals surface area contributed by atoms with Crippen LogP contribution in [-0.2, 0) is 6.54 Å². The number of nitrogens with one attached hydrogen (secondary N) is 1. The van der Waals surface area contributed by atoms with Gasteiger partial charge in [0.25, 0.3) is 5.56 Å². The minimum atomic E-state index is -0.354. The molecular weight excluding hydrogens is 399 g/mol. The fourth-order valence-corrected chi connectivity index (χ4v) is 3.38. The van der Waals surface area contributed by atoms with Crippen LogP contribution in [0.2, 0.25) is 10.0 Å². The zero-order valence-corrected chi connectivity index (χ0v) is 15.9. The Kier molecular flexibility index (Phi) is 4.90. The molecule has 6 nitrogen and oxygen atoms in total. The molecule has 0 bridgehead atoms. The van der Waals surface area contributed by atoms with Gasteiger partial charge in [0.05, 0.1) is 18.3 Å². The van der Waals surface area contributed by atoms with Gasteiger partial charge < -0.3 is 5.11 Å². The van der Waals surface area contributed by atoms with E-state index in [1.807, 2.05) is 6.07 Å². The van der Waals surface area contributed by atoms with Crippen LogP contribution in [0, 0.1) is 0 Å². The molecule has 2 heterocycles. The van der Waals surface area contributed by atoms with Crippen molar-refractivity contribution in [3.8, 4) is 5.88 Å². The van der Waals surface area contributed by atoms with Crippen molar-refractivity contribution in [1.82, 2.24) is 14.8 Å². The lowest BCUT2D eigenvalue weighted by Gasteiger charge is -2.07. The van der Waals surface area contributed by atoms with E-state index in [0.29, 0.717) is 38.7 Å². The molecule has 0 amide bonds. The number of benzene rings is 2. The third-order valence-electron chi connectivity index (χ3n) is 4.30. The number of nitrogens with zero attached hydrogens (tertiary/aromatic N) is 3.